The van der Waals surface area contributed by atoms with E-state index in [4.69, 9.17) is 0 Å². The Morgan fingerprint density at radius 1 is 1.67 bits per heavy atom. The summed E-state index contributed by atoms with van der Waals surface area (Å²) < 4.78 is 0. The maximum absolute atomic E-state index is 9.26. The molecule has 2 nitrogen and oxygen atoms in total. The largest absolute Gasteiger partial charge is 0.373 e. The van der Waals surface area contributed by atoms with E-state index in [1.165, 1.54) is 0 Å². The topological polar surface area (TPSA) is 32.3 Å². The normalized spacial score (nSPS) is 18.2. The summed E-state index contributed by atoms with van der Waals surface area (Å²) in [5.74, 6) is 0. The molecule has 0 aliphatic carbocycles. The van der Waals surface area contributed by atoms with Crippen molar-refractivity contribution in [1.29, 1.82) is 0 Å². The molecule has 0 saturated carbocycles. The predicted octanol–water partition coefficient (Wildman–Crippen LogP) is 0.881. The van der Waals surface area contributed by atoms with Gasteiger partial charge in [-0.25, -0.2) is 0 Å². The van der Waals surface area contributed by atoms with Crippen LogP contribution in [0.15, 0.2) is 12.2 Å². The number of likely N-dealkylation sites (N-methyl/N-ethyl adjacent to an activating group) is 1. The monoisotopic (exact) mass is 129 g/mol. The minimum atomic E-state index is -0.837. The Balaban J connectivity index is 3.70. The van der Waals surface area contributed by atoms with Gasteiger partial charge in [-0.2, -0.15) is 0 Å². The number of rotatable bonds is 3. The maximum atomic E-state index is 9.26. The van der Waals surface area contributed by atoms with Crippen molar-refractivity contribution in [2.75, 3.05) is 7.05 Å². The molecule has 0 saturated heterocycles. The third-order valence-electron chi connectivity index (χ3n) is 1.18. The van der Waals surface area contributed by atoms with Gasteiger partial charge >= 0.3 is 0 Å². The quantitative estimate of drug-likeness (QED) is 0.438. The molecule has 1 unspecified atom stereocenters. The summed E-state index contributed by atoms with van der Waals surface area (Å²) in [6.07, 6.45) is 4.63. The van der Waals surface area contributed by atoms with Gasteiger partial charge in [0.15, 0.2) is 0 Å². The van der Waals surface area contributed by atoms with Crippen LogP contribution in [0.1, 0.15) is 20.3 Å². The van der Waals surface area contributed by atoms with Gasteiger partial charge in [0.2, 0.25) is 0 Å². The summed E-state index contributed by atoms with van der Waals surface area (Å²) in [5.41, 5.74) is -0.837. The molecular formula is C7H15NO. The maximum Gasteiger partial charge on any atom is 0.132 e. The minimum absolute atomic E-state index is 0.837. The fourth-order valence-corrected chi connectivity index (χ4v) is 0.431. The van der Waals surface area contributed by atoms with Crippen molar-refractivity contribution in [3.63, 3.8) is 0 Å². The van der Waals surface area contributed by atoms with Gasteiger partial charge in [-0.3, -0.25) is 5.32 Å². The van der Waals surface area contributed by atoms with Crippen LogP contribution in [0.2, 0.25) is 0 Å². The number of hydrogen-bond acceptors (Lipinski definition) is 2. The van der Waals surface area contributed by atoms with Crippen LogP contribution in [0, 0.1) is 0 Å². The van der Waals surface area contributed by atoms with Crippen LogP contribution in [-0.2, 0) is 0 Å². The Bertz CT molecular complexity index is 97.1. The SMILES string of the molecule is CC/C=C/C(C)(O)NC. The Labute approximate surface area is 56.6 Å². The van der Waals surface area contributed by atoms with Crippen LogP contribution in [0.5, 0.6) is 0 Å². The van der Waals surface area contributed by atoms with E-state index in [0.29, 0.717) is 0 Å². The highest BCUT2D eigenvalue weighted by atomic mass is 16.3. The average molecular weight is 129 g/mol. The molecule has 0 aromatic carbocycles. The molecule has 0 aromatic rings. The van der Waals surface area contributed by atoms with Gasteiger partial charge in [-0.05, 0) is 26.5 Å². The van der Waals surface area contributed by atoms with Crippen molar-refractivity contribution in [3.05, 3.63) is 12.2 Å². The molecule has 2 N–H and O–H groups in total. The summed E-state index contributed by atoms with van der Waals surface area (Å²) in [7, 11) is 1.72. The molecular weight excluding hydrogens is 114 g/mol. The van der Waals surface area contributed by atoms with Crippen LogP contribution >= 0.6 is 0 Å². The second-order valence-electron chi connectivity index (χ2n) is 2.21. The molecule has 54 valence electrons. The first-order valence-corrected chi connectivity index (χ1v) is 3.21. The first-order valence-electron chi connectivity index (χ1n) is 3.21. The smallest absolute Gasteiger partial charge is 0.132 e. The first kappa shape index (κ1) is 8.66. The standard InChI is InChI=1S/C7H15NO/c1-4-5-6-7(2,9)8-3/h5-6,8-9H,4H2,1-3H3/b6-5+. The zero-order valence-electron chi connectivity index (χ0n) is 6.31. The minimum Gasteiger partial charge on any atom is -0.373 e. The number of hydrogen-bond donors (Lipinski definition) is 2. The Hall–Kier alpha value is -0.340. The van der Waals surface area contributed by atoms with Gasteiger partial charge in [0.1, 0.15) is 5.72 Å². The zero-order valence-corrected chi connectivity index (χ0v) is 6.31. The van der Waals surface area contributed by atoms with Crippen molar-refractivity contribution in [2.24, 2.45) is 0 Å². The van der Waals surface area contributed by atoms with Crippen LogP contribution in [-0.4, -0.2) is 17.9 Å². The lowest BCUT2D eigenvalue weighted by Crippen LogP contribution is -2.36. The molecule has 1 atom stereocenters. The third kappa shape index (κ3) is 4.18. The summed E-state index contributed by atoms with van der Waals surface area (Å²) in [6.45, 7) is 3.74. The Morgan fingerprint density at radius 3 is 2.56 bits per heavy atom. The Morgan fingerprint density at radius 2 is 2.22 bits per heavy atom. The molecule has 0 bridgehead atoms. The van der Waals surface area contributed by atoms with Gasteiger partial charge in [0.05, 0.1) is 0 Å². The average Bonchev–Trinajstić information content (AvgIpc) is 1.84. The molecule has 9 heavy (non-hydrogen) atoms. The second kappa shape index (κ2) is 3.64. The Kier molecular flexibility index (Phi) is 3.50. The van der Waals surface area contributed by atoms with E-state index in [1.807, 2.05) is 13.0 Å². The van der Waals surface area contributed by atoms with Crippen LogP contribution < -0.4 is 5.32 Å². The van der Waals surface area contributed by atoms with Gasteiger partial charge in [0.25, 0.3) is 0 Å². The van der Waals surface area contributed by atoms with E-state index in [0.717, 1.165) is 6.42 Å². The predicted molar refractivity (Wildman–Crippen MR) is 39.1 cm³/mol. The first-order chi connectivity index (χ1) is 4.12. The van der Waals surface area contributed by atoms with Crippen molar-refractivity contribution in [3.8, 4) is 0 Å². The van der Waals surface area contributed by atoms with E-state index < -0.39 is 5.72 Å². The lowest BCUT2D eigenvalue weighted by Gasteiger charge is -2.16. The van der Waals surface area contributed by atoms with Crippen LogP contribution in [0.4, 0.5) is 0 Å². The number of nitrogens with one attached hydrogen (secondary N) is 1. The van der Waals surface area contributed by atoms with Crippen LogP contribution in [0.25, 0.3) is 0 Å². The summed E-state index contributed by atoms with van der Waals surface area (Å²) >= 11 is 0. The van der Waals surface area contributed by atoms with Gasteiger partial charge in [-0.1, -0.05) is 13.0 Å². The van der Waals surface area contributed by atoms with Crippen molar-refractivity contribution >= 4 is 0 Å². The zero-order chi connectivity index (χ0) is 7.33. The molecule has 2 heteroatoms. The van der Waals surface area contributed by atoms with Crippen molar-refractivity contribution in [2.45, 2.75) is 26.0 Å². The highest BCUT2D eigenvalue weighted by Gasteiger charge is 2.09. The lowest BCUT2D eigenvalue weighted by molar-refractivity contribution is 0.0828. The molecule has 0 heterocycles. The fraction of sp³-hybridized carbons (Fsp3) is 0.714. The van der Waals surface area contributed by atoms with E-state index in [9.17, 15) is 5.11 Å². The molecule has 0 aliphatic heterocycles. The van der Waals surface area contributed by atoms with E-state index in [2.05, 4.69) is 5.32 Å². The van der Waals surface area contributed by atoms with Gasteiger partial charge < -0.3 is 5.11 Å². The number of allylic oxidation sites excluding steroid dienone is 1. The fourth-order valence-electron chi connectivity index (χ4n) is 0.431. The lowest BCUT2D eigenvalue weighted by atomic mass is 10.2. The summed E-state index contributed by atoms with van der Waals surface area (Å²) in [5, 5.41) is 12.0. The van der Waals surface area contributed by atoms with E-state index in [1.54, 1.807) is 20.0 Å². The number of aliphatic hydroxyl groups is 1. The van der Waals surface area contributed by atoms with Gasteiger partial charge in [-0.15, -0.1) is 0 Å². The van der Waals surface area contributed by atoms with E-state index in [-0.39, 0.29) is 0 Å². The summed E-state index contributed by atoms with van der Waals surface area (Å²) in [4.78, 5) is 0. The van der Waals surface area contributed by atoms with Gasteiger partial charge in [0, 0.05) is 0 Å². The molecule has 0 amide bonds. The molecule has 0 spiro atoms. The molecule has 0 aromatic heterocycles. The van der Waals surface area contributed by atoms with Crippen LogP contribution in [0.3, 0.4) is 0 Å². The van der Waals surface area contributed by atoms with E-state index >= 15 is 0 Å². The molecule has 0 fully saturated rings. The van der Waals surface area contributed by atoms with Crippen molar-refractivity contribution < 1.29 is 5.11 Å². The highest BCUT2D eigenvalue weighted by molar-refractivity contribution is 4.94. The molecule has 0 aliphatic rings. The summed E-state index contributed by atoms with van der Waals surface area (Å²) in [6, 6.07) is 0. The third-order valence-corrected chi connectivity index (χ3v) is 1.18. The molecule has 0 radical (unpaired) electrons. The second-order valence-corrected chi connectivity index (χ2v) is 2.21. The highest BCUT2D eigenvalue weighted by Crippen LogP contribution is 1.98. The molecule has 0 rings (SSSR count). The van der Waals surface area contributed by atoms with Crippen molar-refractivity contribution in [1.82, 2.24) is 5.32 Å².